The van der Waals surface area contributed by atoms with Gasteiger partial charge in [0, 0.05) is 13.0 Å². The minimum absolute atomic E-state index is 0.0369. The van der Waals surface area contributed by atoms with Crippen molar-refractivity contribution in [2.75, 3.05) is 6.54 Å². The molecule has 3 N–H and O–H groups in total. The number of carbonyl (C=O) groups excluding carboxylic acids is 1. The van der Waals surface area contributed by atoms with Crippen molar-refractivity contribution in [3.63, 3.8) is 0 Å². The van der Waals surface area contributed by atoms with E-state index >= 15 is 0 Å². The number of nitrogens with one attached hydrogen (secondary N) is 2. The Bertz CT molecular complexity index is 702. The SMILES string of the molecule is CC(C)[C@@H](NC(=O)CCNS(=O)(=O)c1c(Cl)cccc1Cl)C(=O)O. The second kappa shape index (κ2) is 8.66. The third-order valence-electron chi connectivity index (χ3n) is 3.08. The van der Waals surface area contributed by atoms with Gasteiger partial charge in [-0.15, -0.1) is 0 Å². The van der Waals surface area contributed by atoms with Gasteiger partial charge in [0.2, 0.25) is 15.9 Å². The number of aliphatic carboxylic acids is 1. The van der Waals surface area contributed by atoms with Crippen molar-refractivity contribution in [1.29, 1.82) is 0 Å². The van der Waals surface area contributed by atoms with Crippen molar-refractivity contribution < 1.29 is 23.1 Å². The van der Waals surface area contributed by atoms with Crippen LogP contribution in [0, 0.1) is 5.92 Å². The second-order valence-electron chi connectivity index (χ2n) is 5.33. The minimum atomic E-state index is -3.99. The summed E-state index contributed by atoms with van der Waals surface area (Å²) in [4.78, 5) is 22.5. The third-order valence-corrected chi connectivity index (χ3v) is 5.50. The molecule has 0 aliphatic carbocycles. The predicted octanol–water partition coefficient (Wildman–Crippen LogP) is 1.89. The summed E-state index contributed by atoms with van der Waals surface area (Å²) in [5.74, 6) is -2.03. The zero-order valence-electron chi connectivity index (χ0n) is 13.0. The molecule has 1 aromatic carbocycles. The number of rotatable bonds is 8. The lowest BCUT2D eigenvalue weighted by Crippen LogP contribution is -2.45. The molecule has 0 saturated heterocycles. The molecule has 0 aliphatic heterocycles. The van der Waals surface area contributed by atoms with Crippen LogP contribution in [0.25, 0.3) is 0 Å². The van der Waals surface area contributed by atoms with Crippen LogP contribution in [0.4, 0.5) is 0 Å². The van der Waals surface area contributed by atoms with Crippen LogP contribution in [0.3, 0.4) is 0 Å². The number of amides is 1. The number of carbonyl (C=O) groups is 2. The average Bonchev–Trinajstić information content (AvgIpc) is 2.43. The first-order valence-electron chi connectivity index (χ1n) is 7.02. The fourth-order valence-corrected chi connectivity index (χ4v) is 4.04. The van der Waals surface area contributed by atoms with Gasteiger partial charge in [0.1, 0.15) is 10.9 Å². The van der Waals surface area contributed by atoms with Gasteiger partial charge < -0.3 is 10.4 Å². The molecular weight excluding hydrogens is 379 g/mol. The molecule has 0 spiro atoms. The lowest BCUT2D eigenvalue weighted by Gasteiger charge is -2.18. The van der Waals surface area contributed by atoms with Gasteiger partial charge in [-0.05, 0) is 18.1 Å². The van der Waals surface area contributed by atoms with E-state index in [1.807, 2.05) is 0 Å². The Kier molecular flexibility index (Phi) is 7.47. The topological polar surface area (TPSA) is 113 Å². The Labute approximate surface area is 150 Å². The van der Waals surface area contributed by atoms with Crippen LogP contribution >= 0.6 is 23.2 Å². The van der Waals surface area contributed by atoms with Crippen molar-refractivity contribution in [2.45, 2.75) is 31.2 Å². The number of hydrogen-bond acceptors (Lipinski definition) is 4. The van der Waals surface area contributed by atoms with Gasteiger partial charge in [-0.1, -0.05) is 43.1 Å². The summed E-state index contributed by atoms with van der Waals surface area (Å²) in [6, 6.07) is 3.24. The Morgan fingerprint density at radius 1 is 1.21 bits per heavy atom. The molecule has 0 saturated carbocycles. The molecule has 7 nitrogen and oxygen atoms in total. The van der Waals surface area contributed by atoms with Crippen molar-refractivity contribution in [3.8, 4) is 0 Å². The molecule has 10 heteroatoms. The molecule has 0 heterocycles. The number of carboxylic acids is 1. The maximum absolute atomic E-state index is 12.2. The molecule has 0 aliphatic rings. The van der Waals surface area contributed by atoms with Gasteiger partial charge in [0.25, 0.3) is 0 Å². The van der Waals surface area contributed by atoms with Gasteiger partial charge in [0.05, 0.1) is 10.0 Å². The molecule has 24 heavy (non-hydrogen) atoms. The fourth-order valence-electron chi connectivity index (χ4n) is 1.87. The van der Waals surface area contributed by atoms with Gasteiger partial charge in [-0.2, -0.15) is 0 Å². The van der Waals surface area contributed by atoms with E-state index in [1.165, 1.54) is 18.2 Å². The quantitative estimate of drug-likeness (QED) is 0.620. The number of halogens is 2. The number of carboxylic acid groups (broad SMARTS) is 1. The van der Waals surface area contributed by atoms with Crippen molar-refractivity contribution >= 4 is 45.1 Å². The third kappa shape index (κ3) is 5.62. The van der Waals surface area contributed by atoms with Crippen LogP contribution in [0.2, 0.25) is 10.0 Å². The summed E-state index contributed by atoms with van der Waals surface area (Å²) in [5.41, 5.74) is 0. The van der Waals surface area contributed by atoms with E-state index in [0.29, 0.717) is 0 Å². The van der Waals surface area contributed by atoms with Gasteiger partial charge >= 0.3 is 5.97 Å². The molecule has 0 aromatic heterocycles. The van der Waals surface area contributed by atoms with E-state index in [1.54, 1.807) is 13.8 Å². The summed E-state index contributed by atoms with van der Waals surface area (Å²) in [7, 11) is -3.99. The highest BCUT2D eigenvalue weighted by Gasteiger charge is 2.24. The Morgan fingerprint density at radius 3 is 2.21 bits per heavy atom. The predicted molar refractivity (Wildman–Crippen MR) is 90.7 cm³/mol. The smallest absolute Gasteiger partial charge is 0.326 e. The molecule has 1 rings (SSSR count). The van der Waals surface area contributed by atoms with Crippen LogP contribution < -0.4 is 10.0 Å². The van der Waals surface area contributed by atoms with Crippen LogP contribution in [0.1, 0.15) is 20.3 Å². The minimum Gasteiger partial charge on any atom is -0.480 e. The first-order valence-corrected chi connectivity index (χ1v) is 9.26. The normalized spacial score (nSPS) is 12.9. The molecule has 1 aromatic rings. The van der Waals surface area contributed by atoms with E-state index in [0.717, 1.165) is 0 Å². The van der Waals surface area contributed by atoms with Crippen molar-refractivity contribution in [1.82, 2.24) is 10.0 Å². The summed E-state index contributed by atoms with van der Waals surface area (Å²) >= 11 is 11.7. The van der Waals surface area contributed by atoms with Crippen LogP contribution in [0.15, 0.2) is 23.1 Å². The average molecular weight is 397 g/mol. The van der Waals surface area contributed by atoms with Crippen LogP contribution in [0.5, 0.6) is 0 Å². The van der Waals surface area contributed by atoms with E-state index in [2.05, 4.69) is 10.0 Å². The molecule has 134 valence electrons. The molecular formula is C14H18Cl2N2O5S. The van der Waals surface area contributed by atoms with Crippen LogP contribution in [-0.4, -0.2) is 38.0 Å². The lowest BCUT2D eigenvalue weighted by molar-refractivity contribution is -0.143. The number of hydrogen-bond donors (Lipinski definition) is 3. The monoisotopic (exact) mass is 396 g/mol. The zero-order chi connectivity index (χ0) is 18.5. The highest BCUT2D eigenvalue weighted by Crippen LogP contribution is 2.28. The Balaban J connectivity index is 2.67. The van der Waals surface area contributed by atoms with Gasteiger partial charge in [-0.25, -0.2) is 17.9 Å². The molecule has 0 unspecified atom stereocenters. The first-order chi connectivity index (χ1) is 11.1. The fraction of sp³-hybridized carbons (Fsp3) is 0.429. The lowest BCUT2D eigenvalue weighted by atomic mass is 10.0. The van der Waals surface area contributed by atoms with Crippen molar-refractivity contribution in [2.24, 2.45) is 5.92 Å². The second-order valence-corrected chi connectivity index (χ2v) is 7.84. The zero-order valence-corrected chi connectivity index (χ0v) is 15.4. The Hall–Kier alpha value is -1.35. The Morgan fingerprint density at radius 2 is 1.75 bits per heavy atom. The van der Waals surface area contributed by atoms with E-state index in [-0.39, 0.29) is 33.8 Å². The summed E-state index contributed by atoms with van der Waals surface area (Å²) in [6.07, 6.45) is -0.224. The van der Waals surface area contributed by atoms with Crippen LogP contribution in [-0.2, 0) is 19.6 Å². The largest absolute Gasteiger partial charge is 0.480 e. The van der Waals surface area contributed by atoms with E-state index < -0.39 is 27.9 Å². The number of sulfonamides is 1. The standard InChI is InChI=1S/C14H18Cl2N2O5S/c1-8(2)12(14(20)21)18-11(19)6-7-17-24(22,23)13-9(15)4-3-5-10(13)16/h3-5,8,12,17H,6-7H2,1-2H3,(H,18,19)(H,20,21)/t12-/m1/s1. The van der Waals surface area contributed by atoms with Crippen molar-refractivity contribution in [3.05, 3.63) is 28.2 Å². The van der Waals surface area contributed by atoms with Gasteiger partial charge in [-0.3, -0.25) is 4.79 Å². The summed E-state index contributed by atoms with van der Waals surface area (Å²) in [5, 5.41) is 11.3. The summed E-state index contributed by atoms with van der Waals surface area (Å²) < 4.78 is 26.6. The summed E-state index contributed by atoms with van der Waals surface area (Å²) in [6.45, 7) is 3.09. The molecule has 1 atom stereocenters. The highest BCUT2D eigenvalue weighted by molar-refractivity contribution is 7.89. The molecule has 1 amide bonds. The first kappa shape index (κ1) is 20.7. The maximum atomic E-state index is 12.2. The van der Waals surface area contributed by atoms with Gasteiger partial charge in [0.15, 0.2) is 0 Å². The highest BCUT2D eigenvalue weighted by atomic mass is 35.5. The van der Waals surface area contributed by atoms with E-state index in [9.17, 15) is 18.0 Å². The molecule has 0 bridgehead atoms. The molecule has 0 radical (unpaired) electrons. The molecule has 0 fully saturated rings. The maximum Gasteiger partial charge on any atom is 0.326 e. The number of benzene rings is 1. The van der Waals surface area contributed by atoms with E-state index in [4.69, 9.17) is 28.3 Å².